The Labute approximate surface area is 175 Å². The smallest absolute Gasteiger partial charge is 0.223 e. The third-order valence-corrected chi connectivity index (χ3v) is 5.93. The summed E-state index contributed by atoms with van der Waals surface area (Å²) in [5, 5.41) is 12.0. The molecule has 0 radical (unpaired) electrons. The zero-order valence-electron chi connectivity index (χ0n) is 15.8. The fourth-order valence-corrected chi connectivity index (χ4v) is 4.02. The number of carbonyl (C=O) groups is 1. The number of hydrogen-bond acceptors (Lipinski definition) is 4. The summed E-state index contributed by atoms with van der Waals surface area (Å²) in [6.07, 6.45) is 5.98. The Kier molecular flexibility index (Phi) is 7.16. The number of amides is 1. The van der Waals surface area contributed by atoms with Crippen LogP contribution in [0.5, 0.6) is 5.75 Å². The normalized spacial score (nSPS) is 18.0. The van der Waals surface area contributed by atoms with Crippen LogP contribution in [0.3, 0.4) is 0 Å². The molecule has 2 aromatic rings. The number of piperidine rings is 1. The minimum absolute atomic E-state index is 0.0256. The van der Waals surface area contributed by atoms with Crippen molar-refractivity contribution < 1.29 is 14.6 Å². The number of pyridine rings is 1. The molecule has 0 bridgehead atoms. The van der Waals surface area contributed by atoms with Gasteiger partial charge in [0, 0.05) is 30.9 Å². The quantitative estimate of drug-likeness (QED) is 0.746. The number of aryl methyl sites for hydroxylation is 1. The second-order valence-electron chi connectivity index (χ2n) is 6.96. The predicted molar refractivity (Wildman–Crippen MR) is 110 cm³/mol. The highest BCUT2D eigenvalue weighted by Crippen LogP contribution is 2.33. The Balaban J connectivity index is 1.71. The third-order valence-electron chi connectivity index (χ3n) is 5.19. The highest BCUT2D eigenvalue weighted by molar-refractivity contribution is 6.42. The molecule has 2 unspecified atom stereocenters. The van der Waals surface area contributed by atoms with E-state index in [1.165, 1.54) is 0 Å². The van der Waals surface area contributed by atoms with E-state index in [-0.39, 0.29) is 11.9 Å². The number of likely N-dealkylation sites (tertiary alicyclic amines) is 1. The van der Waals surface area contributed by atoms with Gasteiger partial charge < -0.3 is 14.7 Å². The Morgan fingerprint density at radius 2 is 2.14 bits per heavy atom. The largest absolute Gasteiger partial charge is 0.496 e. The maximum absolute atomic E-state index is 12.9. The number of rotatable bonds is 6. The SMILES string of the molecule is COc1ccncc1C(O)C1CCCCN1C(=O)CCc1ccc(Cl)c(Cl)c1. The van der Waals surface area contributed by atoms with Crippen molar-refractivity contribution in [1.29, 1.82) is 0 Å². The van der Waals surface area contributed by atoms with E-state index in [1.54, 1.807) is 42.6 Å². The van der Waals surface area contributed by atoms with Crippen LogP contribution in [0.4, 0.5) is 0 Å². The summed E-state index contributed by atoms with van der Waals surface area (Å²) in [6.45, 7) is 0.643. The van der Waals surface area contributed by atoms with Crippen LogP contribution >= 0.6 is 23.2 Å². The van der Waals surface area contributed by atoms with Gasteiger partial charge in [0.1, 0.15) is 11.9 Å². The maximum Gasteiger partial charge on any atom is 0.223 e. The molecule has 0 saturated carbocycles. The molecule has 28 heavy (non-hydrogen) atoms. The molecule has 1 aromatic carbocycles. The molecule has 150 valence electrons. The number of halogens is 2. The minimum atomic E-state index is -0.835. The van der Waals surface area contributed by atoms with E-state index in [4.69, 9.17) is 27.9 Å². The first kappa shape index (κ1) is 20.9. The number of aromatic nitrogens is 1. The first-order valence-electron chi connectivity index (χ1n) is 9.40. The molecule has 2 heterocycles. The van der Waals surface area contributed by atoms with Gasteiger partial charge in [-0.2, -0.15) is 0 Å². The van der Waals surface area contributed by atoms with Crippen LogP contribution in [-0.2, 0) is 11.2 Å². The fourth-order valence-electron chi connectivity index (χ4n) is 3.69. The van der Waals surface area contributed by atoms with Gasteiger partial charge in [0.2, 0.25) is 5.91 Å². The van der Waals surface area contributed by atoms with E-state index < -0.39 is 6.10 Å². The molecule has 5 nitrogen and oxygen atoms in total. The fraction of sp³-hybridized carbons (Fsp3) is 0.429. The predicted octanol–water partition coefficient (Wildman–Crippen LogP) is 4.44. The second kappa shape index (κ2) is 9.59. The molecule has 7 heteroatoms. The molecule has 0 aliphatic carbocycles. The number of ether oxygens (including phenoxy) is 1. The number of carbonyl (C=O) groups excluding carboxylic acids is 1. The lowest BCUT2D eigenvalue weighted by Gasteiger charge is -2.39. The third kappa shape index (κ3) is 4.77. The molecular weight excluding hydrogens is 399 g/mol. The van der Waals surface area contributed by atoms with Crippen LogP contribution in [0.2, 0.25) is 10.0 Å². The summed E-state index contributed by atoms with van der Waals surface area (Å²) in [4.78, 5) is 18.8. The summed E-state index contributed by atoms with van der Waals surface area (Å²) in [5.41, 5.74) is 1.57. The molecule has 1 amide bonds. The molecule has 1 N–H and O–H groups in total. The number of aliphatic hydroxyl groups excluding tert-OH is 1. The zero-order chi connectivity index (χ0) is 20.1. The average Bonchev–Trinajstić information content (AvgIpc) is 2.73. The van der Waals surface area contributed by atoms with Crippen LogP contribution in [0.15, 0.2) is 36.7 Å². The van der Waals surface area contributed by atoms with Crippen molar-refractivity contribution in [2.45, 2.75) is 44.2 Å². The van der Waals surface area contributed by atoms with Crippen LogP contribution in [-0.4, -0.2) is 40.6 Å². The van der Waals surface area contributed by atoms with Crippen molar-refractivity contribution in [3.63, 3.8) is 0 Å². The lowest BCUT2D eigenvalue weighted by atomic mass is 9.92. The summed E-state index contributed by atoms with van der Waals surface area (Å²) in [7, 11) is 1.56. The lowest BCUT2D eigenvalue weighted by Crippen LogP contribution is -2.47. The topological polar surface area (TPSA) is 62.7 Å². The average molecular weight is 423 g/mol. The molecule has 1 aromatic heterocycles. The molecule has 1 saturated heterocycles. The van der Waals surface area contributed by atoms with Gasteiger partial charge >= 0.3 is 0 Å². The van der Waals surface area contributed by atoms with E-state index in [1.807, 2.05) is 6.07 Å². The van der Waals surface area contributed by atoms with Gasteiger partial charge in [-0.05, 0) is 49.4 Å². The summed E-state index contributed by atoms with van der Waals surface area (Å²) in [6, 6.07) is 6.85. The summed E-state index contributed by atoms with van der Waals surface area (Å²) < 4.78 is 5.35. The van der Waals surface area contributed by atoms with Gasteiger partial charge in [-0.3, -0.25) is 9.78 Å². The molecular formula is C21H24Cl2N2O3. The van der Waals surface area contributed by atoms with Gasteiger partial charge in [-0.15, -0.1) is 0 Å². The van der Waals surface area contributed by atoms with Crippen molar-refractivity contribution in [2.24, 2.45) is 0 Å². The number of aliphatic hydroxyl groups is 1. The van der Waals surface area contributed by atoms with Gasteiger partial charge in [0.25, 0.3) is 0 Å². The monoisotopic (exact) mass is 422 g/mol. The van der Waals surface area contributed by atoms with Crippen LogP contribution in [0.25, 0.3) is 0 Å². The van der Waals surface area contributed by atoms with E-state index in [2.05, 4.69) is 4.98 Å². The van der Waals surface area contributed by atoms with Crippen molar-refractivity contribution in [3.05, 3.63) is 57.8 Å². The number of benzene rings is 1. The van der Waals surface area contributed by atoms with Gasteiger partial charge in [0.05, 0.1) is 23.2 Å². The lowest BCUT2D eigenvalue weighted by molar-refractivity contribution is -0.138. The van der Waals surface area contributed by atoms with E-state index in [9.17, 15) is 9.90 Å². The number of nitrogens with zero attached hydrogens (tertiary/aromatic N) is 2. The van der Waals surface area contributed by atoms with Crippen molar-refractivity contribution >= 4 is 29.1 Å². The van der Waals surface area contributed by atoms with Crippen molar-refractivity contribution in [3.8, 4) is 5.75 Å². The number of hydrogen-bond donors (Lipinski definition) is 1. The van der Waals surface area contributed by atoms with Crippen molar-refractivity contribution in [2.75, 3.05) is 13.7 Å². The highest BCUT2D eigenvalue weighted by Gasteiger charge is 2.34. The molecule has 1 aliphatic heterocycles. The number of methoxy groups -OCH3 is 1. The second-order valence-corrected chi connectivity index (χ2v) is 7.78. The zero-order valence-corrected chi connectivity index (χ0v) is 17.3. The Morgan fingerprint density at radius 1 is 1.32 bits per heavy atom. The van der Waals surface area contributed by atoms with Crippen LogP contribution in [0, 0.1) is 0 Å². The molecule has 1 aliphatic rings. The van der Waals surface area contributed by atoms with Crippen LogP contribution in [0.1, 0.15) is 42.9 Å². The van der Waals surface area contributed by atoms with Crippen LogP contribution < -0.4 is 4.74 Å². The molecule has 3 rings (SSSR count). The summed E-state index contributed by atoms with van der Waals surface area (Å²) >= 11 is 12.0. The molecule has 2 atom stereocenters. The van der Waals surface area contributed by atoms with Crippen molar-refractivity contribution in [1.82, 2.24) is 9.88 Å². The first-order valence-corrected chi connectivity index (χ1v) is 10.2. The first-order chi connectivity index (χ1) is 13.5. The van der Waals surface area contributed by atoms with Gasteiger partial charge in [-0.1, -0.05) is 29.3 Å². The van der Waals surface area contributed by atoms with Gasteiger partial charge in [0.15, 0.2) is 0 Å². The Bertz CT molecular complexity index is 831. The summed E-state index contributed by atoms with van der Waals surface area (Å²) in [5.74, 6) is 0.606. The molecule has 0 spiro atoms. The van der Waals surface area contributed by atoms with E-state index >= 15 is 0 Å². The van der Waals surface area contributed by atoms with Gasteiger partial charge in [-0.25, -0.2) is 0 Å². The van der Waals surface area contributed by atoms with E-state index in [0.29, 0.717) is 40.7 Å². The molecule has 1 fully saturated rings. The maximum atomic E-state index is 12.9. The standard InChI is InChI=1S/C21H24Cl2N2O3/c1-28-19-9-10-24-13-15(19)21(27)18-4-2-3-11-25(18)20(26)8-6-14-5-7-16(22)17(23)12-14/h5,7,9-10,12-13,18,21,27H,2-4,6,8,11H2,1H3. The minimum Gasteiger partial charge on any atom is -0.496 e. The Hall–Kier alpha value is -1.82. The highest BCUT2D eigenvalue weighted by atomic mass is 35.5. The Morgan fingerprint density at radius 3 is 2.89 bits per heavy atom. The van der Waals surface area contributed by atoms with E-state index in [0.717, 1.165) is 24.8 Å².